The lowest BCUT2D eigenvalue weighted by Gasteiger charge is -2.43. The predicted molar refractivity (Wildman–Crippen MR) is 117 cm³/mol. The summed E-state index contributed by atoms with van der Waals surface area (Å²) in [7, 11) is 0. The second-order valence-corrected chi connectivity index (χ2v) is 9.69. The highest BCUT2D eigenvalue weighted by Gasteiger charge is 2.45. The molecule has 1 saturated carbocycles. The van der Waals surface area contributed by atoms with Crippen LogP contribution < -0.4 is 5.32 Å². The van der Waals surface area contributed by atoms with Gasteiger partial charge in [-0.25, -0.2) is 9.37 Å². The number of nitrogens with one attached hydrogen (secondary N) is 1. The molecule has 6 nitrogen and oxygen atoms in total. The zero-order chi connectivity index (χ0) is 21.8. The van der Waals surface area contributed by atoms with E-state index in [0.29, 0.717) is 31.4 Å². The van der Waals surface area contributed by atoms with Gasteiger partial charge in [-0.2, -0.15) is 0 Å². The van der Waals surface area contributed by atoms with Crippen LogP contribution in [0.4, 0.5) is 10.2 Å². The first kappa shape index (κ1) is 21.1. The Bertz CT molecular complexity index is 1010. The van der Waals surface area contributed by atoms with Crippen molar-refractivity contribution in [1.82, 2.24) is 9.88 Å². The van der Waals surface area contributed by atoms with E-state index >= 15 is 0 Å². The number of hydrogen-bond donors (Lipinski definition) is 2. The molecule has 2 aliphatic heterocycles. The van der Waals surface area contributed by atoms with Gasteiger partial charge < -0.3 is 15.2 Å². The molecule has 2 aromatic rings. The highest BCUT2D eigenvalue weighted by atomic mass is 35.5. The molecule has 0 radical (unpaired) electrons. The summed E-state index contributed by atoms with van der Waals surface area (Å²) < 4.78 is 18.6. The van der Waals surface area contributed by atoms with Crippen LogP contribution in [0.15, 0.2) is 24.4 Å². The van der Waals surface area contributed by atoms with Crippen molar-refractivity contribution in [2.45, 2.75) is 49.9 Å². The van der Waals surface area contributed by atoms with Gasteiger partial charge in [0.1, 0.15) is 12.0 Å². The quantitative estimate of drug-likeness (QED) is 0.750. The van der Waals surface area contributed by atoms with Crippen molar-refractivity contribution < 1.29 is 19.0 Å². The molecule has 3 heterocycles. The fraction of sp³-hybridized carbons (Fsp3) is 0.565. The molecule has 1 aromatic carbocycles. The number of amides is 1. The van der Waals surface area contributed by atoms with Crippen LogP contribution in [0, 0.1) is 5.92 Å². The van der Waals surface area contributed by atoms with Crippen molar-refractivity contribution in [2.24, 2.45) is 5.92 Å². The lowest BCUT2D eigenvalue weighted by Crippen LogP contribution is -2.56. The SMILES string of the molecule is C[C@]1(N2CCC(c3cc4cc(NC(=O)[C@H]5C[C@@H]5F)ncc4cc3Cl)CC2)COC[C@H]1O. The average Bonchev–Trinajstić information content (AvgIpc) is 3.40. The highest BCUT2D eigenvalue weighted by Crippen LogP contribution is 2.39. The van der Waals surface area contributed by atoms with Crippen LogP contribution in [-0.4, -0.2) is 65.0 Å². The van der Waals surface area contributed by atoms with E-state index in [0.717, 1.165) is 47.3 Å². The normalized spacial score (nSPS) is 31.8. The van der Waals surface area contributed by atoms with E-state index in [2.05, 4.69) is 28.2 Å². The summed E-state index contributed by atoms with van der Waals surface area (Å²) in [5.74, 6) is -0.106. The Morgan fingerprint density at radius 2 is 2.06 bits per heavy atom. The van der Waals surface area contributed by atoms with Crippen LogP contribution in [0.25, 0.3) is 10.8 Å². The number of ether oxygens (including phenoxy) is 1. The number of aliphatic hydroxyl groups excluding tert-OH is 1. The molecule has 0 unspecified atom stereocenters. The second kappa shape index (κ2) is 7.96. The summed E-state index contributed by atoms with van der Waals surface area (Å²) in [6.45, 7) is 4.77. The van der Waals surface area contributed by atoms with Crippen LogP contribution in [0.5, 0.6) is 0 Å². The second-order valence-electron chi connectivity index (χ2n) is 9.29. The van der Waals surface area contributed by atoms with Crippen LogP contribution in [0.3, 0.4) is 0 Å². The molecule has 166 valence electrons. The van der Waals surface area contributed by atoms with Gasteiger partial charge in [0.25, 0.3) is 0 Å². The van der Waals surface area contributed by atoms with E-state index in [-0.39, 0.29) is 11.4 Å². The highest BCUT2D eigenvalue weighted by molar-refractivity contribution is 6.32. The Morgan fingerprint density at radius 3 is 2.71 bits per heavy atom. The van der Waals surface area contributed by atoms with Gasteiger partial charge in [-0.3, -0.25) is 9.69 Å². The zero-order valence-electron chi connectivity index (χ0n) is 17.5. The molecule has 1 aromatic heterocycles. The number of rotatable bonds is 4. The van der Waals surface area contributed by atoms with Gasteiger partial charge in [-0.15, -0.1) is 0 Å². The lowest BCUT2D eigenvalue weighted by molar-refractivity contribution is -0.117. The van der Waals surface area contributed by atoms with Crippen molar-refractivity contribution >= 4 is 34.1 Å². The van der Waals surface area contributed by atoms with Gasteiger partial charge >= 0.3 is 0 Å². The molecule has 2 N–H and O–H groups in total. The standard InChI is InChI=1S/C23H27ClFN3O3/c1-23(12-31-11-20(23)29)28-4-2-13(3-5-28)16-6-14-8-21(26-10-15(14)7-18(16)24)27-22(30)17-9-19(17)25/h6-8,10,13,17,19-20,29H,2-5,9,11-12H2,1H3,(H,26,27,30)/t17-,19-,20+,23-/m0/s1. The first-order valence-corrected chi connectivity index (χ1v) is 11.3. The molecular weight excluding hydrogens is 421 g/mol. The molecule has 8 heteroatoms. The van der Waals surface area contributed by atoms with Crippen molar-refractivity contribution in [3.63, 3.8) is 0 Å². The van der Waals surface area contributed by atoms with E-state index in [1.54, 1.807) is 6.20 Å². The summed E-state index contributed by atoms with van der Waals surface area (Å²) in [5.41, 5.74) is 0.772. The van der Waals surface area contributed by atoms with Crippen molar-refractivity contribution in [3.8, 4) is 0 Å². The first-order chi connectivity index (χ1) is 14.8. The molecular formula is C23H27ClFN3O3. The van der Waals surface area contributed by atoms with Crippen LogP contribution in [-0.2, 0) is 9.53 Å². The molecule has 1 aliphatic carbocycles. The third-order valence-electron chi connectivity index (χ3n) is 7.18. The average molecular weight is 448 g/mol. The summed E-state index contributed by atoms with van der Waals surface area (Å²) in [6.07, 6.45) is 2.38. The van der Waals surface area contributed by atoms with Crippen molar-refractivity contribution in [1.29, 1.82) is 0 Å². The number of nitrogens with zero attached hydrogens (tertiary/aromatic N) is 2. The third kappa shape index (κ3) is 3.93. The number of halogens is 2. The maximum atomic E-state index is 13.1. The fourth-order valence-electron chi connectivity index (χ4n) is 4.88. The topological polar surface area (TPSA) is 74.7 Å². The van der Waals surface area contributed by atoms with Crippen LogP contribution in [0.1, 0.15) is 37.7 Å². The molecule has 5 rings (SSSR count). The summed E-state index contributed by atoms with van der Waals surface area (Å²) in [4.78, 5) is 18.7. The Balaban J connectivity index is 1.32. The Morgan fingerprint density at radius 1 is 1.32 bits per heavy atom. The Labute approximate surface area is 185 Å². The molecule has 1 amide bonds. The fourth-order valence-corrected chi connectivity index (χ4v) is 5.20. The monoisotopic (exact) mass is 447 g/mol. The van der Waals surface area contributed by atoms with E-state index in [4.69, 9.17) is 16.3 Å². The van der Waals surface area contributed by atoms with E-state index < -0.39 is 18.2 Å². The van der Waals surface area contributed by atoms with Crippen LogP contribution in [0.2, 0.25) is 5.02 Å². The number of piperidine rings is 1. The third-order valence-corrected chi connectivity index (χ3v) is 7.51. The maximum Gasteiger partial charge on any atom is 0.231 e. The molecule has 31 heavy (non-hydrogen) atoms. The number of hydrogen-bond acceptors (Lipinski definition) is 5. The minimum Gasteiger partial charge on any atom is -0.389 e. The molecule has 2 saturated heterocycles. The number of carbonyl (C=O) groups excluding carboxylic acids is 1. The largest absolute Gasteiger partial charge is 0.389 e. The van der Waals surface area contributed by atoms with E-state index in [1.165, 1.54) is 0 Å². The maximum absolute atomic E-state index is 13.1. The zero-order valence-corrected chi connectivity index (χ0v) is 18.2. The number of anilines is 1. The van der Waals surface area contributed by atoms with Gasteiger partial charge in [0.05, 0.1) is 30.8 Å². The predicted octanol–water partition coefficient (Wildman–Crippen LogP) is 3.51. The van der Waals surface area contributed by atoms with E-state index in [9.17, 15) is 14.3 Å². The molecule has 3 fully saturated rings. The van der Waals surface area contributed by atoms with Gasteiger partial charge in [-0.1, -0.05) is 11.6 Å². The lowest BCUT2D eigenvalue weighted by atomic mass is 9.85. The molecule has 0 spiro atoms. The molecule has 4 atom stereocenters. The number of benzene rings is 1. The van der Waals surface area contributed by atoms with Crippen LogP contribution >= 0.6 is 11.6 Å². The van der Waals surface area contributed by atoms with Crippen molar-refractivity contribution in [2.75, 3.05) is 31.6 Å². The smallest absolute Gasteiger partial charge is 0.231 e. The Hall–Kier alpha value is -1.80. The summed E-state index contributed by atoms with van der Waals surface area (Å²) >= 11 is 6.63. The summed E-state index contributed by atoms with van der Waals surface area (Å²) in [6, 6.07) is 5.83. The van der Waals surface area contributed by atoms with Gasteiger partial charge in [0.2, 0.25) is 5.91 Å². The molecule has 3 aliphatic rings. The first-order valence-electron chi connectivity index (χ1n) is 10.9. The number of aromatic nitrogens is 1. The van der Waals surface area contributed by atoms with Gasteiger partial charge in [-0.05, 0) is 74.3 Å². The minimum absolute atomic E-state index is 0.292. The number of pyridine rings is 1. The van der Waals surface area contributed by atoms with Crippen molar-refractivity contribution in [3.05, 3.63) is 35.0 Å². The minimum atomic E-state index is -1.03. The number of fused-ring (bicyclic) bond motifs is 1. The number of alkyl halides is 1. The number of likely N-dealkylation sites (tertiary alicyclic amines) is 1. The van der Waals surface area contributed by atoms with Gasteiger partial charge in [0.15, 0.2) is 0 Å². The number of carbonyl (C=O) groups is 1. The molecule has 0 bridgehead atoms. The van der Waals surface area contributed by atoms with E-state index in [1.807, 2.05) is 12.1 Å². The van der Waals surface area contributed by atoms with Gasteiger partial charge in [0, 0.05) is 16.6 Å². The Kier molecular flexibility index (Phi) is 5.41. The summed E-state index contributed by atoms with van der Waals surface area (Å²) in [5, 5.41) is 15.6. The number of aliphatic hydroxyl groups is 1.